The number of pyridine rings is 1. The molecule has 15 nitrogen and oxygen atoms in total. The van der Waals surface area contributed by atoms with Gasteiger partial charge in [0.25, 0.3) is 5.91 Å². The first-order chi connectivity index (χ1) is 31.9. The first kappa shape index (κ1) is 46.3. The Hall–Kier alpha value is -6.24. The molecule has 2 aromatic carbocycles. The third kappa shape index (κ3) is 10.6. The number of aromatic nitrogens is 3. The summed E-state index contributed by atoms with van der Waals surface area (Å²) in [7, 11) is 1.87. The van der Waals surface area contributed by atoms with E-state index in [1.165, 1.54) is 12.8 Å². The van der Waals surface area contributed by atoms with E-state index in [2.05, 4.69) is 56.7 Å². The molecule has 3 amide bonds. The van der Waals surface area contributed by atoms with Crippen LogP contribution in [0.5, 0.6) is 5.75 Å². The summed E-state index contributed by atoms with van der Waals surface area (Å²) in [6.07, 6.45) is 13.0. The number of benzene rings is 2. The van der Waals surface area contributed by atoms with Crippen LogP contribution in [0.2, 0.25) is 0 Å². The molecule has 2 unspecified atom stereocenters. The molecule has 4 aliphatic rings. The van der Waals surface area contributed by atoms with E-state index in [4.69, 9.17) is 6.42 Å². The zero-order valence-electron chi connectivity index (χ0n) is 38.9. The van der Waals surface area contributed by atoms with Crippen LogP contribution in [-0.4, -0.2) is 143 Å². The van der Waals surface area contributed by atoms with E-state index in [1.807, 2.05) is 82.4 Å². The van der Waals surface area contributed by atoms with Gasteiger partial charge in [-0.05, 0) is 105 Å². The van der Waals surface area contributed by atoms with Crippen molar-refractivity contribution in [3.05, 3.63) is 89.7 Å². The highest BCUT2D eigenvalue weighted by Crippen LogP contribution is 2.34. The number of anilines is 3. The lowest BCUT2D eigenvalue weighted by atomic mass is 9.85. The average molecular weight is 896 g/mol. The molecular weight excluding hydrogens is 831 g/mol. The normalized spacial score (nSPS) is 19.6. The van der Waals surface area contributed by atoms with E-state index in [0.29, 0.717) is 49.3 Å². The predicted octanol–water partition coefficient (Wildman–Crippen LogP) is 4.97. The van der Waals surface area contributed by atoms with Gasteiger partial charge in [-0.15, -0.1) is 16.6 Å². The number of terminal acetylenes is 1. The predicted molar refractivity (Wildman–Crippen MR) is 258 cm³/mol. The molecule has 4 aromatic rings. The van der Waals surface area contributed by atoms with E-state index < -0.39 is 23.4 Å². The van der Waals surface area contributed by atoms with Gasteiger partial charge in [-0.25, -0.2) is 4.98 Å². The van der Waals surface area contributed by atoms with Crippen molar-refractivity contribution >= 4 is 34.9 Å². The van der Waals surface area contributed by atoms with Crippen molar-refractivity contribution in [2.45, 2.75) is 90.0 Å². The number of phenolic OH excluding ortho intramolecular Hbond substituents is 1. The van der Waals surface area contributed by atoms with Crippen LogP contribution in [0.15, 0.2) is 72.9 Å². The number of nitrogens with one attached hydrogen (secondary N) is 3. The molecule has 4 N–H and O–H groups in total. The molecule has 4 aliphatic heterocycles. The third-order valence-corrected chi connectivity index (χ3v) is 14.0. The molecule has 0 aliphatic carbocycles. The maximum absolute atomic E-state index is 14.1. The molecule has 8 rings (SSSR count). The smallest absolute Gasteiger partial charge is 0.270 e. The number of piperidine rings is 2. The van der Waals surface area contributed by atoms with Gasteiger partial charge in [0.1, 0.15) is 23.5 Å². The molecule has 0 saturated carbocycles. The summed E-state index contributed by atoms with van der Waals surface area (Å²) in [6, 6.07) is 20.1. The van der Waals surface area contributed by atoms with Crippen LogP contribution >= 0.6 is 0 Å². The Morgan fingerprint density at radius 3 is 2.14 bits per heavy atom. The number of amides is 3. The number of rotatable bonds is 12. The molecule has 348 valence electrons. The number of phenols is 1. The molecule has 15 heteroatoms. The van der Waals surface area contributed by atoms with Crippen LogP contribution in [0.3, 0.4) is 0 Å². The summed E-state index contributed by atoms with van der Waals surface area (Å²) in [5.74, 6) is 2.65. The minimum atomic E-state index is -0.848. The summed E-state index contributed by atoms with van der Waals surface area (Å²) in [5, 5.41) is 28.5. The quantitative estimate of drug-likeness (QED) is 0.142. The largest absolute Gasteiger partial charge is 0.507 e. The molecule has 2 aromatic heterocycles. The Balaban J connectivity index is 0.784. The highest BCUT2D eigenvalue weighted by atomic mass is 16.3. The fraction of sp³-hybridized carbons (Fsp3) is 0.490. The van der Waals surface area contributed by atoms with E-state index in [0.717, 1.165) is 93.5 Å². The Bertz CT molecular complexity index is 2360. The summed E-state index contributed by atoms with van der Waals surface area (Å²) >= 11 is 0. The lowest BCUT2D eigenvalue weighted by Gasteiger charge is -2.46. The molecule has 6 heterocycles. The Labute approximate surface area is 389 Å². The number of aromatic hydroxyl groups is 1. The minimum Gasteiger partial charge on any atom is -0.507 e. The molecule has 0 radical (unpaired) electrons. The summed E-state index contributed by atoms with van der Waals surface area (Å²) in [4.78, 5) is 57.4. The molecule has 0 bridgehead atoms. The first-order valence-electron chi connectivity index (χ1n) is 23.6. The molecule has 0 spiro atoms. The zero-order valence-corrected chi connectivity index (χ0v) is 38.9. The number of hydrogen-bond donors (Lipinski definition) is 4. The Morgan fingerprint density at radius 1 is 0.818 bits per heavy atom. The molecular formula is C51H65N11O4. The summed E-state index contributed by atoms with van der Waals surface area (Å²) in [6.45, 7) is 14.4. The molecule has 4 fully saturated rings. The van der Waals surface area contributed by atoms with E-state index in [-0.39, 0.29) is 23.3 Å². The van der Waals surface area contributed by atoms with Gasteiger partial charge in [0, 0.05) is 82.6 Å². The van der Waals surface area contributed by atoms with Gasteiger partial charge in [0.05, 0.1) is 23.3 Å². The van der Waals surface area contributed by atoms with Crippen LogP contribution < -0.4 is 25.8 Å². The summed E-state index contributed by atoms with van der Waals surface area (Å²) in [5.41, 5.74) is 4.68. The standard InChI is InChI=1S/C51H65N11O4/c1-6-35-13-15-36(16-14-35)33-54-49(65)43-11-9-23-62(43)50(66)46(51(2,3)4)55-48(64)41-18-17-39(34-53-41)59-26-21-37(22-27-59)58-24-19-38(20-25-58)60-28-30-61(31-29-60)44-32-42(56-57-47(44)52-5)40-10-7-8-12-45(40)63/h1,7-8,10,12-18,32,34,37-38,43,46,63H,9,11,19-31,33H2,2-5H3,(H,52,57)(H,54,65)(H,55,64). The number of piperazine rings is 1. The zero-order chi connectivity index (χ0) is 46.4. The Morgan fingerprint density at radius 2 is 1.50 bits per heavy atom. The highest BCUT2D eigenvalue weighted by Gasteiger charge is 2.42. The third-order valence-electron chi connectivity index (χ3n) is 14.0. The number of likely N-dealkylation sites (tertiary alicyclic amines) is 2. The van der Waals surface area contributed by atoms with Gasteiger partial charge in [0.2, 0.25) is 11.8 Å². The fourth-order valence-electron chi connectivity index (χ4n) is 10.1. The van der Waals surface area contributed by atoms with Crippen molar-refractivity contribution < 1.29 is 19.5 Å². The second-order valence-electron chi connectivity index (χ2n) is 19.2. The summed E-state index contributed by atoms with van der Waals surface area (Å²) < 4.78 is 0. The van der Waals surface area contributed by atoms with Crippen molar-refractivity contribution in [2.24, 2.45) is 5.41 Å². The van der Waals surface area contributed by atoms with Gasteiger partial charge in [-0.3, -0.25) is 19.3 Å². The van der Waals surface area contributed by atoms with Gasteiger partial charge in [-0.1, -0.05) is 51.0 Å². The maximum Gasteiger partial charge on any atom is 0.270 e. The minimum absolute atomic E-state index is 0.198. The van der Waals surface area contributed by atoms with Crippen molar-refractivity contribution in [3.63, 3.8) is 0 Å². The van der Waals surface area contributed by atoms with Crippen molar-refractivity contribution in [1.82, 2.24) is 40.5 Å². The number of nitrogens with zero attached hydrogens (tertiary/aromatic N) is 8. The first-order valence-corrected chi connectivity index (χ1v) is 23.6. The SMILES string of the molecule is C#Cc1ccc(CNC(=O)C2CCCN2C(=O)C(NC(=O)c2ccc(N3CCC(N4CCC(N5CCN(c6cc(-c7ccccc7O)nnc6NC)CC5)CC4)CC3)cn2)C(C)(C)C)cc1. The van der Waals surface area contributed by atoms with Crippen LogP contribution in [0.4, 0.5) is 17.2 Å². The second-order valence-corrected chi connectivity index (χ2v) is 19.2. The molecule has 66 heavy (non-hydrogen) atoms. The van der Waals surface area contributed by atoms with Crippen molar-refractivity contribution in [3.8, 4) is 29.4 Å². The molecule has 4 saturated heterocycles. The maximum atomic E-state index is 14.1. The van der Waals surface area contributed by atoms with E-state index in [1.54, 1.807) is 23.2 Å². The average Bonchev–Trinajstić information content (AvgIpc) is 3.85. The monoisotopic (exact) mass is 896 g/mol. The number of carbonyl (C=O) groups is 3. The topological polar surface area (TPSA) is 162 Å². The van der Waals surface area contributed by atoms with Gasteiger partial charge in [0.15, 0.2) is 5.82 Å². The van der Waals surface area contributed by atoms with Gasteiger partial charge >= 0.3 is 0 Å². The highest BCUT2D eigenvalue weighted by molar-refractivity contribution is 5.98. The fourth-order valence-corrected chi connectivity index (χ4v) is 10.1. The second kappa shape index (κ2) is 20.5. The van der Waals surface area contributed by atoms with E-state index in [9.17, 15) is 19.5 Å². The number of carbonyl (C=O) groups excluding carboxylic acids is 3. The van der Waals surface area contributed by atoms with Gasteiger partial charge in [-0.2, -0.15) is 0 Å². The van der Waals surface area contributed by atoms with Crippen LogP contribution in [0.25, 0.3) is 11.3 Å². The number of para-hydroxylation sites is 1. The molecule has 2 atom stereocenters. The number of hydrogen-bond acceptors (Lipinski definition) is 12. The van der Waals surface area contributed by atoms with Crippen molar-refractivity contribution in [1.29, 1.82) is 0 Å². The lowest BCUT2D eigenvalue weighted by Crippen LogP contribution is -2.57. The van der Waals surface area contributed by atoms with E-state index >= 15 is 0 Å². The van der Waals surface area contributed by atoms with Crippen LogP contribution in [0.1, 0.15) is 80.9 Å². The lowest BCUT2D eigenvalue weighted by molar-refractivity contribution is -0.141. The van der Waals surface area contributed by atoms with Crippen LogP contribution in [0, 0.1) is 17.8 Å². The Kier molecular flexibility index (Phi) is 14.4. The van der Waals surface area contributed by atoms with Gasteiger partial charge < -0.3 is 40.7 Å². The van der Waals surface area contributed by atoms with Crippen molar-refractivity contribution in [2.75, 3.05) is 81.1 Å². The van der Waals surface area contributed by atoms with Crippen LogP contribution in [-0.2, 0) is 16.1 Å².